The minimum Gasteiger partial charge on any atom is -0.483 e. The van der Waals surface area contributed by atoms with Crippen LogP contribution >= 0.6 is 0 Å². The van der Waals surface area contributed by atoms with E-state index >= 15 is 0 Å². The maximum absolute atomic E-state index is 10.2. The van der Waals surface area contributed by atoms with Gasteiger partial charge in [-0.3, -0.25) is 24.0 Å². The molecule has 248 valence electrons. The number of carboxylic acids is 1. The highest BCUT2D eigenvalue weighted by atomic mass is 16.5. The van der Waals surface area contributed by atoms with Crippen LogP contribution in [0.25, 0.3) is 0 Å². The van der Waals surface area contributed by atoms with Crippen molar-refractivity contribution in [2.75, 3.05) is 13.2 Å². The highest BCUT2D eigenvalue weighted by Crippen LogP contribution is 1.96. The van der Waals surface area contributed by atoms with Crippen molar-refractivity contribution in [1.29, 1.82) is 0 Å². The van der Waals surface area contributed by atoms with Crippen LogP contribution < -0.4 is 0 Å². The standard InChI is InChI=1S/C7H6O2.2C6H6.2C3H6O2.2C2H6.3CH2O2/c8-7(9)6-4-2-1-3-5-6;2*1-2-4-6-5-3-1;2*1-2-5-3-4;2*1-2;3*2-1-3/h1-5H,(H,8,9);2*1-6H;2*3H,2H2,1H3;2*1-2H3;3*1H,(H,2,3). The van der Waals surface area contributed by atoms with E-state index in [0.717, 1.165) is 0 Å². The zero-order valence-electron chi connectivity index (χ0n) is 26.2. The third-order valence-electron chi connectivity index (χ3n) is 2.82. The molecule has 0 fully saturated rings. The molecule has 0 unspecified atom stereocenters. The first-order valence-electron chi connectivity index (χ1n) is 13.0. The highest BCUT2D eigenvalue weighted by molar-refractivity contribution is 5.87. The van der Waals surface area contributed by atoms with E-state index in [0.29, 0.717) is 31.7 Å². The molecule has 4 N–H and O–H groups in total. The van der Waals surface area contributed by atoms with Crippen LogP contribution in [0.15, 0.2) is 103 Å². The Morgan fingerprint density at radius 2 is 0.705 bits per heavy atom. The van der Waals surface area contributed by atoms with Gasteiger partial charge in [0, 0.05) is 0 Å². The van der Waals surface area contributed by atoms with Crippen LogP contribution in [0.3, 0.4) is 0 Å². The maximum atomic E-state index is 10.2. The molecule has 0 radical (unpaired) electrons. The Morgan fingerprint density at radius 3 is 0.795 bits per heavy atom. The third-order valence-corrected chi connectivity index (χ3v) is 2.82. The number of carbonyl (C=O) groups is 6. The fourth-order valence-corrected chi connectivity index (χ4v) is 1.49. The lowest BCUT2D eigenvalue weighted by Gasteiger charge is -1.88. The number of benzene rings is 3. The fourth-order valence-electron chi connectivity index (χ4n) is 1.49. The van der Waals surface area contributed by atoms with Crippen LogP contribution in [0.1, 0.15) is 51.9 Å². The lowest BCUT2D eigenvalue weighted by molar-refractivity contribution is -0.129. The van der Waals surface area contributed by atoms with E-state index in [1.807, 2.05) is 100 Å². The van der Waals surface area contributed by atoms with Gasteiger partial charge in [0.2, 0.25) is 0 Å². The van der Waals surface area contributed by atoms with E-state index in [1.54, 1.807) is 44.2 Å². The molecule has 12 heteroatoms. The Bertz CT molecular complexity index is 770. The molecular weight excluding hydrogens is 576 g/mol. The maximum Gasteiger partial charge on any atom is 0.335 e. The molecule has 3 aromatic rings. The molecule has 3 rings (SSSR count). The van der Waals surface area contributed by atoms with Crippen molar-refractivity contribution in [3.8, 4) is 0 Å². The quantitative estimate of drug-likeness (QED) is 0.232. The summed E-state index contributed by atoms with van der Waals surface area (Å²) in [5.41, 5.74) is 0.331. The Balaban J connectivity index is -0.0000000719. The molecule has 0 heterocycles. The van der Waals surface area contributed by atoms with Gasteiger partial charge in [-0.15, -0.1) is 0 Å². The monoisotopic (exact) mass is 624 g/mol. The van der Waals surface area contributed by atoms with E-state index < -0.39 is 5.97 Å². The second-order valence-corrected chi connectivity index (χ2v) is 5.40. The Hall–Kier alpha value is -5.52. The lowest BCUT2D eigenvalue weighted by atomic mass is 10.2. The number of hydrogen-bond donors (Lipinski definition) is 4. The van der Waals surface area contributed by atoms with E-state index in [2.05, 4.69) is 9.47 Å². The molecule has 0 atom stereocenters. The molecule has 0 aliphatic heterocycles. The van der Waals surface area contributed by atoms with Gasteiger partial charge in [-0.2, -0.15) is 0 Å². The molecule has 0 aliphatic rings. The molecule has 0 aromatic heterocycles. The van der Waals surface area contributed by atoms with Crippen molar-refractivity contribution in [2.24, 2.45) is 0 Å². The van der Waals surface area contributed by atoms with Gasteiger partial charge >= 0.3 is 5.97 Å². The molecule has 0 aliphatic carbocycles. The zero-order chi connectivity index (χ0) is 35.5. The van der Waals surface area contributed by atoms with Gasteiger partial charge in [0.25, 0.3) is 32.4 Å². The SMILES string of the molecule is CC.CC.CCOC=O.CCOC=O.O=C(O)c1ccccc1.O=CO.O=CO.O=CO.c1ccccc1.c1ccccc1. The summed E-state index contributed by atoms with van der Waals surface area (Å²) in [6, 6.07) is 32.3. The minimum atomic E-state index is -0.879. The van der Waals surface area contributed by atoms with Gasteiger partial charge in [0.15, 0.2) is 0 Å². The van der Waals surface area contributed by atoms with Crippen molar-refractivity contribution in [3.05, 3.63) is 109 Å². The predicted octanol–water partition coefficient (Wildman–Crippen LogP) is 6.27. The molecule has 0 spiro atoms. The molecule has 0 saturated heterocycles. The van der Waals surface area contributed by atoms with Crippen LogP contribution in [0.2, 0.25) is 0 Å². The van der Waals surface area contributed by atoms with Gasteiger partial charge in [0.1, 0.15) is 0 Å². The summed E-state index contributed by atoms with van der Waals surface area (Å²) in [4.78, 5) is 53.6. The van der Waals surface area contributed by atoms with Crippen LogP contribution in [-0.4, -0.2) is 72.0 Å². The average molecular weight is 625 g/mol. The third kappa shape index (κ3) is 90.9. The summed E-state index contributed by atoms with van der Waals surface area (Å²) < 4.78 is 8.31. The number of aromatic carboxylic acids is 1. The molecule has 12 nitrogen and oxygen atoms in total. The second kappa shape index (κ2) is 71.1. The minimum absolute atomic E-state index is 0.250. The zero-order valence-corrected chi connectivity index (χ0v) is 26.2. The van der Waals surface area contributed by atoms with Crippen molar-refractivity contribution >= 4 is 38.3 Å². The topological polar surface area (TPSA) is 202 Å². The lowest BCUT2D eigenvalue weighted by Crippen LogP contribution is -1.93. The molecule has 44 heavy (non-hydrogen) atoms. The highest BCUT2D eigenvalue weighted by Gasteiger charge is 1.96. The van der Waals surface area contributed by atoms with Crippen LogP contribution in [0.5, 0.6) is 0 Å². The van der Waals surface area contributed by atoms with Crippen LogP contribution in [0.4, 0.5) is 0 Å². The smallest absolute Gasteiger partial charge is 0.335 e. The van der Waals surface area contributed by atoms with Crippen molar-refractivity contribution < 1.29 is 58.7 Å². The number of carbonyl (C=O) groups excluding carboxylic acids is 2. The first-order chi connectivity index (χ1) is 21.4. The largest absolute Gasteiger partial charge is 0.483 e. The van der Waals surface area contributed by atoms with E-state index in [1.165, 1.54) is 0 Å². The first-order valence-corrected chi connectivity index (χ1v) is 13.0. The van der Waals surface area contributed by atoms with Gasteiger partial charge < -0.3 is 29.9 Å². The predicted molar refractivity (Wildman–Crippen MR) is 170 cm³/mol. The number of hydrogen-bond acceptors (Lipinski definition) is 8. The van der Waals surface area contributed by atoms with Crippen LogP contribution in [-0.2, 0) is 33.4 Å². The van der Waals surface area contributed by atoms with Gasteiger partial charge in [-0.05, 0) is 26.0 Å². The van der Waals surface area contributed by atoms with Crippen LogP contribution in [0, 0.1) is 0 Å². The van der Waals surface area contributed by atoms with Gasteiger partial charge in [0.05, 0.1) is 18.8 Å². The Labute approximate surface area is 260 Å². The summed E-state index contributed by atoms with van der Waals surface area (Å²) in [7, 11) is 0. The summed E-state index contributed by atoms with van der Waals surface area (Å²) in [5.74, 6) is -0.879. The van der Waals surface area contributed by atoms with Crippen molar-refractivity contribution in [1.82, 2.24) is 0 Å². The van der Waals surface area contributed by atoms with E-state index in [4.69, 9.17) is 34.8 Å². The first kappa shape index (κ1) is 54.5. The molecule has 3 aromatic carbocycles. The molecule has 0 saturated carbocycles. The van der Waals surface area contributed by atoms with Gasteiger partial charge in [-0.25, -0.2) is 4.79 Å². The fraction of sp³-hybridized carbons (Fsp3) is 0.250. The molecule has 0 amide bonds. The number of ether oxygens (including phenoxy) is 2. The summed E-state index contributed by atoms with van der Waals surface area (Å²) >= 11 is 0. The van der Waals surface area contributed by atoms with E-state index in [9.17, 15) is 14.4 Å². The summed E-state index contributed by atoms with van der Waals surface area (Å²) in [6.07, 6.45) is 0. The number of carboxylic acid groups (broad SMARTS) is 4. The Morgan fingerprint density at radius 1 is 0.523 bits per heavy atom. The Kier molecular flexibility index (Phi) is 88.2. The second-order valence-electron chi connectivity index (χ2n) is 5.40. The van der Waals surface area contributed by atoms with Crippen molar-refractivity contribution in [2.45, 2.75) is 41.5 Å². The molecular formula is C32H48O12. The summed E-state index contributed by atoms with van der Waals surface area (Å²) in [6.45, 7) is 12.6. The van der Waals surface area contributed by atoms with E-state index in [-0.39, 0.29) is 19.4 Å². The summed E-state index contributed by atoms with van der Waals surface area (Å²) in [5, 5.41) is 29.1. The van der Waals surface area contributed by atoms with Gasteiger partial charge in [-0.1, -0.05) is 119 Å². The van der Waals surface area contributed by atoms with Crippen molar-refractivity contribution in [3.63, 3.8) is 0 Å². The number of rotatable bonds is 5. The average Bonchev–Trinajstić information content (AvgIpc) is 3.08. The normalized spacial score (nSPS) is 6.59. The molecule has 0 bridgehead atoms.